The number of aliphatic hydroxyl groups excluding tert-OH is 1. The van der Waals surface area contributed by atoms with E-state index in [1.165, 1.54) is 0 Å². The van der Waals surface area contributed by atoms with Gasteiger partial charge in [0.2, 0.25) is 0 Å². The fraction of sp³-hybridized carbons (Fsp3) is 0.333. The summed E-state index contributed by atoms with van der Waals surface area (Å²) in [4.78, 5) is 18.4. The lowest BCUT2D eigenvalue weighted by molar-refractivity contribution is 0.0759. The van der Waals surface area contributed by atoms with Crippen LogP contribution in [0.15, 0.2) is 42.7 Å². The third kappa shape index (κ3) is 4.29. The summed E-state index contributed by atoms with van der Waals surface area (Å²) in [7, 11) is 0. The smallest absolute Gasteiger partial charge is 0.253 e. The lowest BCUT2D eigenvalue weighted by atomic mass is 10.0. The zero-order chi connectivity index (χ0) is 16.7. The van der Waals surface area contributed by atoms with E-state index in [1.807, 2.05) is 31.2 Å². The van der Waals surface area contributed by atoms with Crippen LogP contribution in [0.4, 0.5) is 5.69 Å². The number of nitrogens with two attached hydrogens (primary N) is 1. The maximum atomic E-state index is 12.5. The summed E-state index contributed by atoms with van der Waals surface area (Å²) in [6, 6.07) is 9.18. The fourth-order valence-electron chi connectivity index (χ4n) is 2.44. The molecule has 0 aliphatic heterocycles. The van der Waals surface area contributed by atoms with Crippen molar-refractivity contribution in [2.24, 2.45) is 0 Å². The van der Waals surface area contributed by atoms with Crippen molar-refractivity contribution in [3.05, 3.63) is 48.3 Å². The number of rotatable bonds is 7. The van der Waals surface area contributed by atoms with Crippen LogP contribution >= 0.6 is 0 Å². The minimum Gasteiger partial charge on any atom is -0.398 e. The number of aliphatic hydroxyl groups is 1. The summed E-state index contributed by atoms with van der Waals surface area (Å²) >= 11 is 0. The highest BCUT2D eigenvalue weighted by molar-refractivity contribution is 5.95. The summed E-state index contributed by atoms with van der Waals surface area (Å²) < 4.78 is 0. The van der Waals surface area contributed by atoms with Crippen molar-refractivity contribution < 1.29 is 9.90 Å². The van der Waals surface area contributed by atoms with E-state index in [2.05, 4.69) is 4.98 Å². The van der Waals surface area contributed by atoms with Gasteiger partial charge in [0.05, 0.1) is 0 Å². The highest BCUT2D eigenvalue weighted by Crippen LogP contribution is 2.24. The van der Waals surface area contributed by atoms with Crippen molar-refractivity contribution in [3.63, 3.8) is 0 Å². The average Bonchev–Trinajstić information content (AvgIpc) is 2.59. The lowest BCUT2D eigenvalue weighted by Gasteiger charge is -2.21. The van der Waals surface area contributed by atoms with Crippen LogP contribution in [0.3, 0.4) is 0 Å². The maximum absolute atomic E-state index is 12.5. The molecule has 3 N–H and O–H groups in total. The third-order valence-electron chi connectivity index (χ3n) is 3.80. The van der Waals surface area contributed by atoms with Crippen molar-refractivity contribution in [2.75, 3.05) is 25.4 Å². The van der Waals surface area contributed by atoms with E-state index in [0.717, 1.165) is 17.5 Å². The molecule has 0 aliphatic rings. The highest BCUT2D eigenvalue weighted by atomic mass is 16.3. The number of hydrogen-bond donors (Lipinski definition) is 2. The van der Waals surface area contributed by atoms with Gasteiger partial charge in [0, 0.05) is 48.9 Å². The molecule has 2 rings (SSSR count). The second-order valence-corrected chi connectivity index (χ2v) is 5.36. The number of nitrogen functional groups attached to an aromatic ring is 1. The first kappa shape index (κ1) is 17.0. The fourth-order valence-corrected chi connectivity index (χ4v) is 2.44. The number of carbonyl (C=O) groups is 1. The Labute approximate surface area is 136 Å². The molecule has 23 heavy (non-hydrogen) atoms. The zero-order valence-corrected chi connectivity index (χ0v) is 13.4. The molecule has 2 aromatic rings. The Bertz CT molecular complexity index is 641. The number of nitrogens with zero attached hydrogens (tertiary/aromatic N) is 2. The van der Waals surface area contributed by atoms with Gasteiger partial charge < -0.3 is 15.7 Å². The first-order valence-electron chi connectivity index (χ1n) is 7.87. The molecule has 0 saturated carbocycles. The number of hydrogen-bond acceptors (Lipinski definition) is 4. The second kappa shape index (κ2) is 8.29. The Balaban J connectivity index is 2.12. The Morgan fingerprint density at radius 2 is 1.96 bits per heavy atom. The van der Waals surface area contributed by atoms with Crippen LogP contribution in [-0.4, -0.2) is 40.6 Å². The molecular formula is C18H23N3O2. The number of pyridine rings is 1. The van der Waals surface area contributed by atoms with Gasteiger partial charge in [-0.15, -0.1) is 0 Å². The molecule has 0 aliphatic carbocycles. The summed E-state index contributed by atoms with van der Waals surface area (Å²) in [5.74, 6) is 0.0103. The van der Waals surface area contributed by atoms with Gasteiger partial charge >= 0.3 is 0 Å². The molecule has 5 nitrogen and oxygen atoms in total. The van der Waals surface area contributed by atoms with E-state index in [1.54, 1.807) is 23.4 Å². The van der Waals surface area contributed by atoms with Crippen molar-refractivity contribution in [2.45, 2.75) is 19.8 Å². The number of amides is 1. The van der Waals surface area contributed by atoms with Gasteiger partial charge in [-0.05, 0) is 43.5 Å². The highest BCUT2D eigenvalue weighted by Gasteiger charge is 2.14. The van der Waals surface area contributed by atoms with Crippen LogP contribution in [-0.2, 0) is 0 Å². The van der Waals surface area contributed by atoms with E-state index in [0.29, 0.717) is 30.8 Å². The molecule has 0 unspecified atom stereocenters. The van der Waals surface area contributed by atoms with Crippen LogP contribution in [0.1, 0.15) is 30.1 Å². The minimum absolute atomic E-state index is 0.0103. The Kier molecular flexibility index (Phi) is 6.11. The Morgan fingerprint density at radius 1 is 1.22 bits per heavy atom. The van der Waals surface area contributed by atoms with Gasteiger partial charge in [0.25, 0.3) is 5.91 Å². The monoisotopic (exact) mass is 313 g/mol. The zero-order valence-electron chi connectivity index (χ0n) is 13.4. The predicted octanol–water partition coefficient (Wildman–Crippen LogP) is 2.57. The molecule has 0 spiro atoms. The van der Waals surface area contributed by atoms with Gasteiger partial charge in [0.1, 0.15) is 0 Å². The van der Waals surface area contributed by atoms with E-state index in [9.17, 15) is 4.79 Å². The van der Waals surface area contributed by atoms with Crippen molar-refractivity contribution >= 4 is 11.6 Å². The molecule has 0 radical (unpaired) electrons. The van der Waals surface area contributed by atoms with E-state index >= 15 is 0 Å². The van der Waals surface area contributed by atoms with Gasteiger partial charge in [0.15, 0.2) is 0 Å². The third-order valence-corrected chi connectivity index (χ3v) is 3.80. The maximum Gasteiger partial charge on any atom is 0.253 e. The van der Waals surface area contributed by atoms with Crippen molar-refractivity contribution in [3.8, 4) is 11.1 Å². The summed E-state index contributed by atoms with van der Waals surface area (Å²) in [5.41, 5.74) is 9.08. The molecule has 5 heteroatoms. The molecule has 1 aromatic carbocycles. The molecule has 0 saturated heterocycles. The lowest BCUT2D eigenvalue weighted by Crippen LogP contribution is -2.31. The Hall–Kier alpha value is -2.40. The number of unbranched alkanes of at least 4 members (excludes halogenated alkanes) is 1. The van der Waals surface area contributed by atoms with Gasteiger partial charge in [-0.2, -0.15) is 0 Å². The number of carbonyl (C=O) groups excluding carboxylic acids is 1. The quantitative estimate of drug-likeness (QED) is 0.770. The van der Waals surface area contributed by atoms with Crippen molar-refractivity contribution in [1.82, 2.24) is 9.88 Å². The first-order chi connectivity index (χ1) is 11.2. The SMILES string of the molecule is CCN(CCCCO)C(=O)c1ccc(-c2cnccc2N)cc1. The first-order valence-corrected chi connectivity index (χ1v) is 7.87. The van der Waals surface area contributed by atoms with Crippen molar-refractivity contribution in [1.29, 1.82) is 0 Å². The number of benzene rings is 1. The van der Waals surface area contributed by atoms with Gasteiger partial charge in [-0.25, -0.2) is 0 Å². The van der Waals surface area contributed by atoms with Crippen LogP contribution in [0, 0.1) is 0 Å². The predicted molar refractivity (Wildman–Crippen MR) is 92.0 cm³/mol. The van der Waals surface area contributed by atoms with E-state index in [-0.39, 0.29) is 12.5 Å². The molecule has 0 atom stereocenters. The number of aromatic nitrogens is 1. The molecule has 1 heterocycles. The normalized spacial score (nSPS) is 10.5. The average molecular weight is 313 g/mol. The van der Waals surface area contributed by atoms with Gasteiger partial charge in [-0.3, -0.25) is 9.78 Å². The summed E-state index contributed by atoms with van der Waals surface area (Å²) in [6.07, 6.45) is 4.89. The van der Waals surface area contributed by atoms with Crippen LogP contribution in [0.2, 0.25) is 0 Å². The van der Waals surface area contributed by atoms with Crippen LogP contribution < -0.4 is 5.73 Å². The largest absolute Gasteiger partial charge is 0.398 e. The Morgan fingerprint density at radius 3 is 2.57 bits per heavy atom. The van der Waals surface area contributed by atoms with E-state index < -0.39 is 0 Å². The summed E-state index contributed by atoms with van der Waals surface area (Å²) in [5, 5.41) is 8.85. The number of anilines is 1. The molecule has 122 valence electrons. The van der Waals surface area contributed by atoms with Gasteiger partial charge in [-0.1, -0.05) is 12.1 Å². The molecule has 1 amide bonds. The topological polar surface area (TPSA) is 79.5 Å². The molecule has 0 bridgehead atoms. The standard InChI is InChI=1S/C18H23N3O2/c1-2-21(11-3-4-12-22)18(23)15-7-5-14(6-8-15)16-13-20-10-9-17(16)19/h5-10,13,22H,2-4,11-12H2,1H3,(H2,19,20). The molecule has 0 fully saturated rings. The van der Waals surface area contributed by atoms with Crippen LogP contribution in [0.5, 0.6) is 0 Å². The molecular weight excluding hydrogens is 290 g/mol. The second-order valence-electron chi connectivity index (χ2n) is 5.36. The van der Waals surface area contributed by atoms with E-state index in [4.69, 9.17) is 10.8 Å². The molecule has 1 aromatic heterocycles. The summed E-state index contributed by atoms with van der Waals surface area (Å²) in [6.45, 7) is 3.43. The van der Waals surface area contributed by atoms with Crippen LogP contribution in [0.25, 0.3) is 11.1 Å². The minimum atomic E-state index is 0.0103.